The predicted molar refractivity (Wildman–Crippen MR) is 133 cm³/mol. The molecule has 2 heterocycles. The minimum atomic E-state index is 0.491. The number of anilines is 1. The van der Waals surface area contributed by atoms with E-state index in [1.54, 1.807) is 7.11 Å². The lowest BCUT2D eigenvalue weighted by Gasteiger charge is -2.33. The Balaban J connectivity index is 1.18. The lowest BCUT2D eigenvalue weighted by Crippen LogP contribution is -2.49. The number of likely N-dealkylation sites (tertiary alicyclic amines) is 1. The molecular formula is C26H37N5O. The molecule has 32 heavy (non-hydrogen) atoms. The van der Waals surface area contributed by atoms with Gasteiger partial charge in [-0.15, -0.1) is 0 Å². The first kappa shape index (κ1) is 22.5. The van der Waals surface area contributed by atoms with Crippen molar-refractivity contribution in [2.45, 2.75) is 31.8 Å². The number of rotatable bonds is 7. The molecule has 6 nitrogen and oxygen atoms in total. The van der Waals surface area contributed by atoms with Crippen LogP contribution in [0.4, 0.5) is 5.69 Å². The van der Waals surface area contributed by atoms with Gasteiger partial charge in [-0.3, -0.25) is 9.89 Å². The number of benzene rings is 2. The second-order valence-electron chi connectivity index (χ2n) is 8.94. The third kappa shape index (κ3) is 6.16. The van der Waals surface area contributed by atoms with Crippen LogP contribution in [0.15, 0.2) is 59.6 Å². The molecule has 1 atom stereocenters. The summed E-state index contributed by atoms with van der Waals surface area (Å²) >= 11 is 0. The Hall–Kier alpha value is -2.73. The fraction of sp³-hybridized carbons (Fsp3) is 0.500. The van der Waals surface area contributed by atoms with Crippen LogP contribution in [0, 0.1) is 5.92 Å². The van der Waals surface area contributed by atoms with Crippen molar-refractivity contribution in [1.29, 1.82) is 0 Å². The molecule has 2 aromatic carbocycles. The quantitative estimate of drug-likeness (QED) is 0.516. The van der Waals surface area contributed by atoms with Crippen LogP contribution in [0.3, 0.4) is 0 Å². The second kappa shape index (κ2) is 11.2. The van der Waals surface area contributed by atoms with Crippen molar-refractivity contribution in [3.8, 4) is 5.75 Å². The number of hydrogen-bond acceptors (Lipinski definition) is 4. The van der Waals surface area contributed by atoms with E-state index in [9.17, 15) is 0 Å². The van der Waals surface area contributed by atoms with E-state index in [-0.39, 0.29) is 0 Å². The third-order valence-corrected chi connectivity index (χ3v) is 6.66. The number of aliphatic imine (C=N–C) groups is 1. The predicted octanol–water partition coefficient (Wildman–Crippen LogP) is 3.35. The molecule has 0 aliphatic carbocycles. The number of hydrogen-bond donors (Lipinski definition) is 2. The van der Waals surface area contributed by atoms with Crippen molar-refractivity contribution < 1.29 is 4.74 Å². The highest BCUT2D eigenvalue weighted by atomic mass is 16.5. The molecule has 0 aromatic heterocycles. The van der Waals surface area contributed by atoms with Crippen LogP contribution in [0.5, 0.6) is 5.75 Å². The van der Waals surface area contributed by atoms with Gasteiger partial charge in [-0.2, -0.15) is 0 Å². The topological polar surface area (TPSA) is 52.1 Å². The van der Waals surface area contributed by atoms with E-state index in [1.165, 1.54) is 17.7 Å². The van der Waals surface area contributed by atoms with Crippen molar-refractivity contribution in [1.82, 2.24) is 15.5 Å². The van der Waals surface area contributed by atoms with E-state index in [1.807, 2.05) is 13.1 Å². The number of ether oxygens (including phenoxy) is 1. The molecule has 0 saturated carbocycles. The number of methoxy groups -OCH3 is 1. The van der Waals surface area contributed by atoms with E-state index in [2.05, 4.69) is 74.0 Å². The lowest BCUT2D eigenvalue weighted by molar-refractivity contribution is 0.198. The van der Waals surface area contributed by atoms with Gasteiger partial charge in [0.25, 0.3) is 0 Å². The first-order valence-corrected chi connectivity index (χ1v) is 11.9. The minimum Gasteiger partial charge on any atom is -0.497 e. The number of nitrogens with one attached hydrogen (secondary N) is 2. The Labute approximate surface area is 192 Å². The van der Waals surface area contributed by atoms with E-state index in [4.69, 9.17) is 4.74 Å². The second-order valence-corrected chi connectivity index (χ2v) is 8.94. The van der Waals surface area contributed by atoms with Crippen LogP contribution < -0.4 is 20.3 Å². The largest absolute Gasteiger partial charge is 0.497 e. The van der Waals surface area contributed by atoms with E-state index < -0.39 is 0 Å². The standard InChI is InChI=1S/C26H37N5O/c1-27-26(29-23-12-14-30(15-13-23)19-21-7-4-3-5-8-21)28-18-22-11-16-31(20-22)24-9-6-10-25(17-24)32-2/h3-10,17,22-23H,11-16,18-20H2,1-2H3,(H2,27,28,29). The van der Waals surface area contributed by atoms with Crippen molar-refractivity contribution in [3.05, 3.63) is 60.2 Å². The van der Waals surface area contributed by atoms with Gasteiger partial charge in [0, 0.05) is 64.1 Å². The fourth-order valence-electron chi connectivity index (χ4n) is 4.75. The molecular weight excluding hydrogens is 398 g/mol. The highest BCUT2D eigenvalue weighted by Crippen LogP contribution is 2.26. The minimum absolute atomic E-state index is 0.491. The highest BCUT2D eigenvalue weighted by Gasteiger charge is 2.24. The molecule has 6 heteroatoms. The maximum absolute atomic E-state index is 5.38. The monoisotopic (exact) mass is 435 g/mol. The van der Waals surface area contributed by atoms with Gasteiger partial charge in [0.05, 0.1) is 7.11 Å². The molecule has 2 aliphatic rings. The Bertz CT molecular complexity index is 864. The van der Waals surface area contributed by atoms with Gasteiger partial charge < -0.3 is 20.3 Å². The van der Waals surface area contributed by atoms with Crippen LogP contribution in [-0.4, -0.2) is 63.8 Å². The van der Waals surface area contributed by atoms with Gasteiger partial charge in [0.1, 0.15) is 5.75 Å². The average molecular weight is 436 g/mol. The average Bonchev–Trinajstić information content (AvgIpc) is 3.33. The Morgan fingerprint density at radius 3 is 2.59 bits per heavy atom. The summed E-state index contributed by atoms with van der Waals surface area (Å²) < 4.78 is 5.38. The van der Waals surface area contributed by atoms with Crippen molar-refractivity contribution in [3.63, 3.8) is 0 Å². The maximum atomic E-state index is 5.38. The molecule has 4 rings (SSSR count). The smallest absolute Gasteiger partial charge is 0.191 e. The third-order valence-electron chi connectivity index (χ3n) is 6.66. The van der Waals surface area contributed by atoms with Crippen LogP contribution in [0.1, 0.15) is 24.8 Å². The molecule has 172 valence electrons. The molecule has 1 unspecified atom stereocenters. The summed E-state index contributed by atoms with van der Waals surface area (Å²) in [5.74, 6) is 2.47. The maximum Gasteiger partial charge on any atom is 0.191 e. The molecule has 2 fully saturated rings. The number of piperidine rings is 1. The fourth-order valence-corrected chi connectivity index (χ4v) is 4.75. The zero-order valence-electron chi connectivity index (χ0n) is 19.5. The number of nitrogens with zero attached hydrogens (tertiary/aromatic N) is 3. The van der Waals surface area contributed by atoms with Crippen LogP contribution in [0.25, 0.3) is 0 Å². The summed E-state index contributed by atoms with van der Waals surface area (Å²) in [6, 6.07) is 19.6. The van der Waals surface area contributed by atoms with Crippen LogP contribution in [0.2, 0.25) is 0 Å². The summed E-state index contributed by atoms with van der Waals surface area (Å²) in [6.45, 7) is 6.41. The summed E-state index contributed by atoms with van der Waals surface area (Å²) in [7, 11) is 3.60. The van der Waals surface area contributed by atoms with E-state index in [0.29, 0.717) is 12.0 Å². The first-order valence-electron chi connectivity index (χ1n) is 11.9. The SMILES string of the molecule is CN=C(NCC1CCN(c2cccc(OC)c2)C1)NC1CCN(Cc2ccccc2)CC1. The summed E-state index contributed by atoms with van der Waals surface area (Å²) in [6.07, 6.45) is 3.50. The summed E-state index contributed by atoms with van der Waals surface area (Å²) in [5, 5.41) is 7.23. The zero-order chi connectivity index (χ0) is 22.2. The van der Waals surface area contributed by atoms with Gasteiger partial charge in [-0.1, -0.05) is 36.4 Å². The summed E-state index contributed by atoms with van der Waals surface area (Å²) in [4.78, 5) is 9.48. The molecule has 0 bridgehead atoms. The normalized spacial score (nSPS) is 20.4. The molecule has 0 radical (unpaired) electrons. The zero-order valence-corrected chi connectivity index (χ0v) is 19.5. The van der Waals surface area contributed by atoms with Crippen LogP contribution in [-0.2, 0) is 6.54 Å². The molecule has 0 spiro atoms. The Morgan fingerprint density at radius 1 is 1.03 bits per heavy atom. The van der Waals surface area contributed by atoms with Crippen LogP contribution >= 0.6 is 0 Å². The molecule has 2 aromatic rings. The Morgan fingerprint density at radius 2 is 1.84 bits per heavy atom. The molecule has 0 amide bonds. The molecule has 2 aliphatic heterocycles. The van der Waals surface area contributed by atoms with Gasteiger partial charge in [0.2, 0.25) is 0 Å². The van der Waals surface area contributed by atoms with Gasteiger partial charge in [-0.05, 0) is 42.9 Å². The number of guanidine groups is 1. The van der Waals surface area contributed by atoms with Gasteiger partial charge in [-0.25, -0.2) is 0 Å². The van der Waals surface area contributed by atoms with Crippen molar-refractivity contribution >= 4 is 11.6 Å². The van der Waals surface area contributed by atoms with Crippen molar-refractivity contribution in [2.75, 3.05) is 51.8 Å². The Kier molecular flexibility index (Phi) is 7.88. The van der Waals surface area contributed by atoms with E-state index >= 15 is 0 Å². The van der Waals surface area contributed by atoms with Gasteiger partial charge in [0.15, 0.2) is 5.96 Å². The highest BCUT2D eigenvalue weighted by molar-refractivity contribution is 5.80. The van der Waals surface area contributed by atoms with E-state index in [0.717, 1.165) is 63.8 Å². The first-order chi connectivity index (χ1) is 15.7. The van der Waals surface area contributed by atoms with Crippen molar-refractivity contribution in [2.24, 2.45) is 10.9 Å². The molecule has 2 saturated heterocycles. The van der Waals surface area contributed by atoms with Gasteiger partial charge >= 0.3 is 0 Å². The lowest BCUT2D eigenvalue weighted by atomic mass is 10.0. The molecule has 2 N–H and O–H groups in total. The summed E-state index contributed by atoms with van der Waals surface area (Å²) in [5.41, 5.74) is 2.65.